The van der Waals surface area contributed by atoms with E-state index < -0.39 is 0 Å². The monoisotopic (exact) mass is 225 g/mol. The number of hydrogen-bond acceptors (Lipinski definition) is 4. The molecule has 1 rings (SSSR count). The molecule has 2 N–H and O–H groups in total. The minimum absolute atomic E-state index is 0.138. The molecule has 1 aromatic carbocycles. The lowest BCUT2D eigenvalue weighted by atomic mass is 10.3. The largest absolute Gasteiger partial charge is 0.466 e. The summed E-state index contributed by atoms with van der Waals surface area (Å²) in [6, 6.07) is 7.61. The average molecular weight is 225 g/mol. The van der Waals surface area contributed by atoms with Gasteiger partial charge in [0.1, 0.15) is 0 Å². The van der Waals surface area contributed by atoms with E-state index in [0.717, 1.165) is 16.3 Å². The first-order valence-corrected chi connectivity index (χ1v) is 5.85. The maximum absolute atomic E-state index is 11.0. The van der Waals surface area contributed by atoms with E-state index in [0.29, 0.717) is 13.0 Å². The Labute approximate surface area is 94.0 Å². The van der Waals surface area contributed by atoms with Gasteiger partial charge >= 0.3 is 5.97 Å². The lowest BCUT2D eigenvalue weighted by Gasteiger charge is -2.02. The topological polar surface area (TPSA) is 52.3 Å². The lowest BCUT2D eigenvalue weighted by molar-refractivity contribution is -0.142. The molecule has 0 aliphatic heterocycles. The summed E-state index contributed by atoms with van der Waals surface area (Å²) in [5, 5.41) is 0. The predicted octanol–water partition coefficient (Wildman–Crippen LogP) is 2.31. The fourth-order valence-corrected chi connectivity index (χ4v) is 1.88. The van der Waals surface area contributed by atoms with Gasteiger partial charge in [0, 0.05) is 16.3 Å². The number of hydrogen-bond donors (Lipinski definition) is 1. The molecule has 0 fully saturated rings. The van der Waals surface area contributed by atoms with Crippen LogP contribution in [0.25, 0.3) is 0 Å². The van der Waals surface area contributed by atoms with Gasteiger partial charge in [-0.25, -0.2) is 0 Å². The van der Waals surface area contributed by atoms with Crippen molar-refractivity contribution in [3.05, 3.63) is 24.3 Å². The molecule has 0 radical (unpaired) electrons. The van der Waals surface area contributed by atoms with Gasteiger partial charge in [0.25, 0.3) is 0 Å². The number of rotatable bonds is 5. The molecule has 0 aromatic heterocycles. The Balaban J connectivity index is 2.26. The molecule has 0 unspecified atom stereocenters. The standard InChI is InChI=1S/C11H15NO2S/c1-2-14-11(13)7-8-15-10-5-3-9(12)4-6-10/h3-6H,2,7-8,12H2,1H3. The van der Waals surface area contributed by atoms with Crippen LogP contribution >= 0.6 is 11.8 Å². The Hall–Kier alpha value is -1.16. The highest BCUT2D eigenvalue weighted by atomic mass is 32.2. The highest BCUT2D eigenvalue weighted by Gasteiger charge is 2.01. The molecular weight excluding hydrogens is 210 g/mol. The zero-order chi connectivity index (χ0) is 11.1. The van der Waals surface area contributed by atoms with Crippen LogP contribution in [0.2, 0.25) is 0 Å². The third-order valence-electron chi connectivity index (χ3n) is 1.76. The third-order valence-corrected chi connectivity index (χ3v) is 2.77. The van der Waals surface area contributed by atoms with E-state index in [9.17, 15) is 4.79 Å². The van der Waals surface area contributed by atoms with Crippen molar-refractivity contribution in [3.63, 3.8) is 0 Å². The van der Waals surface area contributed by atoms with E-state index in [1.54, 1.807) is 11.8 Å². The summed E-state index contributed by atoms with van der Waals surface area (Å²) in [6.07, 6.45) is 0.447. The van der Waals surface area contributed by atoms with Crippen LogP contribution < -0.4 is 5.73 Å². The lowest BCUT2D eigenvalue weighted by Crippen LogP contribution is -2.04. The van der Waals surface area contributed by atoms with E-state index in [-0.39, 0.29) is 5.97 Å². The molecule has 3 nitrogen and oxygen atoms in total. The summed E-state index contributed by atoms with van der Waals surface area (Å²) in [5.74, 6) is 0.600. The van der Waals surface area contributed by atoms with E-state index in [2.05, 4.69) is 0 Å². The first-order chi connectivity index (χ1) is 7.22. The average Bonchev–Trinajstić information content (AvgIpc) is 2.21. The van der Waals surface area contributed by atoms with E-state index in [1.165, 1.54) is 0 Å². The molecule has 0 bridgehead atoms. The number of nitrogens with two attached hydrogens (primary N) is 1. The summed E-state index contributed by atoms with van der Waals surface area (Å²) in [6.45, 7) is 2.26. The van der Waals surface area contributed by atoms with Gasteiger partial charge in [0.2, 0.25) is 0 Å². The Kier molecular flexibility index (Phi) is 5.04. The van der Waals surface area contributed by atoms with Gasteiger partial charge in [-0.15, -0.1) is 11.8 Å². The highest BCUT2D eigenvalue weighted by Crippen LogP contribution is 2.19. The van der Waals surface area contributed by atoms with Crippen molar-refractivity contribution in [2.75, 3.05) is 18.1 Å². The van der Waals surface area contributed by atoms with Crippen LogP contribution in [0.5, 0.6) is 0 Å². The van der Waals surface area contributed by atoms with Crippen LogP contribution in [0.4, 0.5) is 5.69 Å². The summed E-state index contributed by atoms with van der Waals surface area (Å²) in [5.41, 5.74) is 6.31. The molecule has 0 saturated carbocycles. The van der Waals surface area contributed by atoms with Gasteiger partial charge in [-0.05, 0) is 31.2 Å². The molecule has 0 atom stereocenters. The highest BCUT2D eigenvalue weighted by molar-refractivity contribution is 7.99. The van der Waals surface area contributed by atoms with Gasteiger partial charge in [-0.2, -0.15) is 0 Å². The number of esters is 1. The first kappa shape index (κ1) is 11.9. The number of carbonyl (C=O) groups is 1. The third kappa shape index (κ3) is 4.74. The van der Waals surface area contributed by atoms with Crippen LogP contribution in [-0.2, 0) is 9.53 Å². The second kappa shape index (κ2) is 6.35. The summed E-state index contributed by atoms with van der Waals surface area (Å²) in [7, 11) is 0. The number of nitrogen functional groups attached to an aromatic ring is 1. The number of anilines is 1. The van der Waals surface area contributed by atoms with Gasteiger partial charge in [-0.1, -0.05) is 0 Å². The zero-order valence-corrected chi connectivity index (χ0v) is 9.55. The van der Waals surface area contributed by atoms with Crippen molar-refractivity contribution in [2.45, 2.75) is 18.2 Å². The van der Waals surface area contributed by atoms with Gasteiger partial charge in [0.15, 0.2) is 0 Å². The molecule has 82 valence electrons. The van der Waals surface area contributed by atoms with E-state index >= 15 is 0 Å². The Bertz CT molecular complexity index is 311. The van der Waals surface area contributed by atoms with Crippen molar-refractivity contribution in [1.82, 2.24) is 0 Å². The van der Waals surface area contributed by atoms with Crippen molar-refractivity contribution in [3.8, 4) is 0 Å². The second-order valence-corrected chi connectivity index (χ2v) is 4.14. The Morgan fingerprint density at radius 1 is 1.40 bits per heavy atom. The van der Waals surface area contributed by atoms with Crippen molar-refractivity contribution < 1.29 is 9.53 Å². The molecule has 15 heavy (non-hydrogen) atoms. The van der Waals surface area contributed by atoms with Gasteiger partial charge in [-0.3, -0.25) is 4.79 Å². The quantitative estimate of drug-likeness (QED) is 0.474. The van der Waals surface area contributed by atoms with E-state index in [4.69, 9.17) is 10.5 Å². The zero-order valence-electron chi connectivity index (χ0n) is 8.73. The van der Waals surface area contributed by atoms with Crippen molar-refractivity contribution in [1.29, 1.82) is 0 Å². The van der Waals surface area contributed by atoms with Crippen LogP contribution in [0, 0.1) is 0 Å². The number of carbonyl (C=O) groups excluding carboxylic acids is 1. The second-order valence-electron chi connectivity index (χ2n) is 2.97. The van der Waals surface area contributed by atoms with Gasteiger partial charge in [0.05, 0.1) is 13.0 Å². The Morgan fingerprint density at radius 2 is 2.07 bits per heavy atom. The molecule has 1 aromatic rings. The molecule has 0 heterocycles. The van der Waals surface area contributed by atoms with Crippen LogP contribution in [0.1, 0.15) is 13.3 Å². The SMILES string of the molecule is CCOC(=O)CCSc1ccc(N)cc1. The number of benzene rings is 1. The fraction of sp³-hybridized carbons (Fsp3) is 0.364. The maximum Gasteiger partial charge on any atom is 0.306 e. The van der Waals surface area contributed by atoms with Crippen LogP contribution in [-0.4, -0.2) is 18.3 Å². The fourth-order valence-electron chi connectivity index (χ4n) is 1.05. The number of thioether (sulfide) groups is 1. The van der Waals surface area contributed by atoms with Crippen LogP contribution in [0.15, 0.2) is 29.2 Å². The maximum atomic E-state index is 11.0. The molecule has 0 aliphatic rings. The Morgan fingerprint density at radius 3 is 2.67 bits per heavy atom. The van der Waals surface area contributed by atoms with Crippen molar-refractivity contribution >= 4 is 23.4 Å². The van der Waals surface area contributed by atoms with Gasteiger partial charge < -0.3 is 10.5 Å². The van der Waals surface area contributed by atoms with Crippen molar-refractivity contribution in [2.24, 2.45) is 0 Å². The first-order valence-electron chi connectivity index (χ1n) is 4.86. The minimum Gasteiger partial charge on any atom is -0.466 e. The normalized spacial score (nSPS) is 9.93. The summed E-state index contributed by atoms with van der Waals surface area (Å²) in [4.78, 5) is 12.2. The molecule has 0 saturated heterocycles. The molecule has 0 amide bonds. The molecule has 0 aliphatic carbocycles. The molecule has 4 heteroatoms. The molecular formula is C11H15NO2S. The number of ether oxygens (including phenoxy) is 1. The van der Waals surface area contributed by atoms with E-state index in [1.807, 2.05) is 31.2 Å². The minimum atomic E-state index is -0.138. The van der Waals surface area contributed by atoms with Crippen LogP contribution in [0.3, 0.4) is 0 Å². The summed E-state index contributed by atoms with van der Waals surface area (Å²) < 4.78 is 4.83. The molecule has 0 spiro atoms. The predicted molar refractivity (Wildman–Crippen MR) is 62.8 cm³/mol. The summed E-state index contributed by atoms with van der Waals surface area (Å²) >= 11 is 1.63. The smallest absolute Gasteiger partial charge is 0.306 e.